The number of aliphatic carboxylic acids is 1. The smallest absolute Gasteiger partial charge is 0.416 e. The summed E-state index contributed by atoms with van der Waals surface area (Å²) < 4.78 is 54.4. The molecule has 0 bridgehead atoms. The number of benzene rings is 1. The van der Waals surface area contributed by atoms with E-state index in [0.29, 0.717) is 62.6 Å². The lowest BCUT2D eigenvalue weighted by Crippen LogP contribution is -2.52. The Labute approximate surface area is 274 Å². The fourth-order valence-corrected chi connectivity index (χ4v) is 5.84. The van der Waals surface area contributed by atoms with E-state index in [0.717, 1.165) is 23.5 Å². The minimum Gasteiger partial charge on any atom is -0.481 e. The fraction of sp³-hybridized carbons (Fsp3) is 0.464. The van der Waals surface area contributed by atoms with Crippen molar-refractivity contribution in [3.63, 3.8) is 0 Å². The highest BCUT2D eigenvalue weighted by molar-refractivity contribution is 7.16. The highest BCUT2D eigenvalue weighted by Crippen LogP contribution is 2.37. The zero-order valence-corrected chi connectivity index (χ0v) is 27.3. The topological polar surface area (TPSA) is 115 Å². The summed E-state index contributed by atoms with van der Waals surface area (Å²) >= 11 is 1.10. The molecule has 0 aliphatic carbocycles. The summed E-state index contributed by atoms with van der Waals surface area (Å²) in [7, 11) is 0. The second-order valence-corrected chi connectivity index (χ2v) is 11.3. The molecule has 1 aromatic carbocycles. The molecule has 2 aromatic heterocycles. The van der Waals surface area contributed by atoms with E-state index >= 15 is 0 Å². The summed E-state index contributed by atoms with van der Waals surface area (Å²) in [6.07, 6.45) is -1.85. The molecule has 1 amide bonds. The van der Waals surface area contributed by atoms with Crippen molar-refractivity contribution in [3.8, 4) is 11.3 Å². The Bertz CT molecular complexity index is 1440. The number of carbonyl (C=O) groups is 2. The molecule has 248 valence electrons. The Morgan fingerprint density at radius 2 is 1.82 bits per heavy atom. The van der Waals surface area contributed by atoms with Crippen LogP contribution in [0.2, 0.25) is 0 Å². The molecule has 0 unspecified atom stereocenters. The lowest BCUT2D eigenvalue weighted by atomic mass is 10.1. The van der Waals surface area contributed by atoms with Gasteiger partial charge in [-0.25, -0.2) is 19.3 Å². The van der Waals surface area contributed by atoms with E-state index < -0.39 is 29.4 Å². The molecule has 3 heterocycles. The molecule has 17 heteroatoms. The van der Waals surface area contributed by atoms with Gasteiger partial charge in [0.1, 0.15) is 17.3 Å². The number of aromatic nitrogens is 3. The van der Waals surface area contributed by atoms with E-state index in [1.165, 1.54) is 12.4 Å². The summed E-state index contributed by atoms with van der Waals surface area (Å²) in [6, 6.07) is 2.39. The summed E-state index contributed by atoms with van der Waals surface area (Å²) in [5.41, 5.74) is -0.978. The number of carbonyl (C=O) groups excluding carboxylic acids is 1. The van der Waals surface area contributed by atoms with Gasteiger partial charge < -0.3 is 10.0 Å². The Morgan fingerprint density at radius 3 is 2.40 bits per heavy atom. The summed E-state index contributed by atoms with van der Waals surface area (Å²) in [4.78, 5) is 43.7. The van der Waals surface area contributed by atoms with Gasteiger partial charge in [0.15, 0.2) is 5.13 Å². The number of halogens is 6. The molecule has 1 atom stereocenters. The number of carboxylic acids is 1. The number of anilines is 2. The van der Waals surface area contributed by atoms with Gasteiger partial charge >= 0.3 is 12.1 Å². The van der Waals surface area contributed by atoms with Crippen molar-refractivity contribution in [2.24, 2.45) is 0 Å². The van der Waals surface area contributed by atoms with Gasteiger partial charge in [-0.1, -0.05) is 25.2 Å². The molecular weight excluding hydrogens is 661 g/mol. The van der Waals surface area contributed by atoms with E-state index in [1.54, 1.807) is 0 Å². The lowest BCUT2D eigenvalue weighted by Gasteiger charge is -2.40. The van der Waals surface area contributed by atoms with Crippen molar-refractivity contribution in [1.29, 1.82) is 0 Å². The first-order valence-electron chi connectivity index (χ1n) is 13.8. The monoisotopic (exact) mass is 695 g/mol. The van der Waals surface area contributed by atoms with Crippen LogP contribution in [0.5, 0.6) is 0 Å². The van der Waals surface area contributed by atoms with Gasteiger partial charge in [-0.15, -0.1) is 24.8 Å². The first-order valence-corrected chi connectivity index (χ1v) is 14.6. The number of nitrogens with zero attached hydrogens (tertiary/aromatic N) is 6. The Hall–Kier alpha value is -3.11. The average Bonchev–Trinajstić information content (AvgIpc) is 3.36. The molecule has 4 rings (SSSR count). The van der Waals surface area contributed by atoms with Gasteiger partial charge in [-0.3, -0.25) is 24.7 Å². The zero-order chi connectivity index (χ0) is 31.3. The van der Waals surface area contributed by atoms with Gasteiger partial charge in [0.2, 0.25) is 0 Å². The predicted octanol–water partition coefficient (Wildman–Crippen LogP) is 5.68. The van der Waals surface area contributed by atoms with Gasteiger partial charge in [-0.05, 0) is 38.2 Å². The number of piperazine rings is 1. The molecule has 45 heavy (non-hydrogen) atoms. The molecule has 3 aromatic rings. The molecule has 1 aliphatic rings. The van der Waals surface area contributed by atoms with E-state index in [4.69, 9.17) is 5.11 Å². The lowest BCUT2D eigenvalue weighted by molar-refractivity contribution is -0.138. The number of hydrogen-bond acceptors (Lipinski definition) is 9. The standard InChI is InChI=1S/C28H33F4N7O3S.2ClH/c1-4-37(5-2)16-22-25(18-10-19(28(30,31)32)12-20(29)11-18)35-27(43-22)36-26(42)21-13-34-23(14-33-21)39-9-8-38(17(3)15-39)7-6-24(40)41;;/h10-14,17H,4-9,15-16H2,1-3H3,(H,40,41)(H,35,36,42);2*1H/t17-;;/m1../s1. The minimum absolute atomic E-state index is 0. The average molecular weight is 697 g/mol. The van der Waals surface area contributed by atoms with E-state index in [1.807, 2.05) is 30.6 Å². The van der Waals surface area contributed by atoms with Crippen molar-refractivity contribution in [2.75, 3.05) is 49.5 Å². The molecule has 0 saturated carbocycles. The number of alkyl halides is 3. The van der Waals surface area contributed by atoms with E-state index in [2.05, 4.69) is 25.2 Å². The highest BCUT2D eigenvalue weighted by Gasteiger charge is 2.32. The van der Waals surface area contributed by atoms with Crippen LogP contribution < -0.4 is 10.2 Å². The van der Waals surface area contributed by atoms with E-state index in [-0.39, 0.29) is 59.4 Å². The van der Waals surface area contributed by atoms with Crippen molar-refractivity contribution in [2.45, 2.75) is 46.0 Å². The molecular formula is C28H35Cl2F4N7O3S. The highest BCUT2D eigenvalue weighted by atomic mass is 35.5. The number of amides is 1. The Kier molecular flexibility index (Phi) is 13.9. The molecule has 0 radical (unpaired) electrons. The Morgan fingerprint density at radius 1 is 1.11 bits per heavy atom. The SMILES string of the molecule is CCN(CC)Cc1sc(NC(=O)c2cnc(N3CCN(CCC(=O)O)[C@H](C)C3)cn2)nc1-c1cc(F)cc(C(F)(F)F)c1.Cl.Cl. The molecule has 10 nitrogen and oxygen atoms in total. The number of rotatable bonds is 11. The van der Waals surface area contributed by atoms with Crippen molar-refractivity contribution >= 4 is 59.0 Å². The molecule has 1 fully saturated rings. The number of thiazole rings is 1. The zero-order valence-electron chi connectivity index (χ0n) is 24.8. The van der Waals surface area contributed by atoms with Gasteiger partial charge in [-0.2, -0.15) is 13.2 Å². The second-order valence-electron chi connectivity index (χ2n) is 10.2. The minimum atomic E-state index is -4.74. The predicted molar refractivity (Wildman–Crippen MR) is 169 cm³/mol. The third kappa shape index (κ3) is 9.94. The quantitative estimate of drug-likeness (QED) is 0.245. The third-order valence-corrected chi connectivity index (χ3v) is 8.21. The number of nitrogens with one attached hydrogen (secondary N) is 1. The summed E-state index contributed by atoms with van der Waals surface area (Å²) in [5.74, 6) is -1.90. The van der Waals surface area contributed by atoms with Crippen LogP contribution >= 0.6 is 36.2 Å². The van der Waals surface area contributed by atoms with Crippen LogP contribution in [0.25, 0.3) is 11.3 Å². The van der Waals surface area contributed by atoms with Crippen LogP contribution in [-0.2, 0) is 17.5 Å². The second kappa shape index (κ2) is 16.5. The molecule has 1 saturated heterocycles. The van der Waals surface area contributed by atoms with Gasteiger partial charge in [0.25, 0.3) is 5.91 Å². The summed E-state index contributed by atoms with van der Waals surface area (Å²) in [5, 5.41) is 11.7. The van der Waals surface area contributed by atoms with Crippen LogP contribution in [0.4, 0.5) is 28.5 Å². The molecule has 0 spiro atoms. The van der Waals surface area contributed by atoms with Crippen LogP contribution in [0.15, 0.2) is 30.6 Å². The molecule has 2 N–H and O–H groups in total. The maximum absolute atomic E-state index is 14.2. The van der Waals surface area contributed by atoms with Gasteiger partial charge in [0.05, 0.1) is 30.1 Å². The van der Waals surface area contributed by atoms with Gasteiger partial charge in [0, 0.05) is 49.2 Å². The maximum Gasteiger partial charge on any atom is 0.416 e. The van der Waals surface area contributed by atoms with Crippen molar-refractivity contribution in [3.05, 3.63) is 52.5 Å². The van der Waals surface area contributed by atoms with Crippen molar-refractivity contribution in [1.82, 2.24) is 24.8 Å². The Balaban J connectivity index is 0.00000353. The maximum atomic E-state index is 14.2. The van der Waals surface area contributed by atoms with Crippen LogP contribution in [0.1, 0.15) is 48.1 Å². The van der Waals surface area contributed by atoms with Crippen molar-refractivity contribution < 1.29 is 32.3 Å². The number of carboxylic acid groups (broad SMARTS) is 1. The third-order valence-electron chi connectivity index (χ3n) is 7.25. The van der Waals surface area contributed by atoms with Crippen LogP contribution in [0, 0.1) is 5.82 Å². The first kappa shape index (κ1) is 38.1. The van der Waals surface area contributed by atoms with Crippen LogP contribution in [0.3, 0.4) is 0 Å². The first-order chi connectivity index (χ1) is 20.4. The van der Waals surface area contributed by atoms with Crippen LogP contribution in [-0.4, -0.2) is 87.0 Å². The summed E-state index contributed by atoms with van der Waals surface area (Å²) in [6.45, 7) is 9.96. The van der Waals surface area contributed by atoms with E-state index in [9.17, 15) is 27.2 Å². The number of hydrogen-bond donors (Lipinski definition) is 2. The normalized spacial score (nSPS) is 15.4. The fourth-order valence-electron chi connectivity index (χ4n) is 4.82. The molecule has 1 aliphatic heterocycles. The largest absolute Gasteiger partial charge is 0.481 e.